The third-order valence-electron chi connectivity index (χ3n) is 4.07. The molecule has 0 spiro atoms. The summed E-state index contributed by atoms with van der Waals surface area (Å²) >= 11 is 0. The van der Waals surface area contributed by atoms with Gasteiger partial charge in [0.05, 0.1) is 12.5 Å². The number of carbonyl (C=O) groups is 1. The highest BCUT2D eigenvalue weighted by atomic mass is 16.5. The number of hydrogen-bond donors (Lipinski definition) is 1. The number of ether oxygens (including phenoxy) is 1. The first kappa shape index (κ1) is 15.1. The highest BCUT2D eigenvalue weighted by Crippen LogP contribution is 2.29. The average molecular weight is 281 g/mol. The number of hydrogen-bond acceptors (Lipinski definition) is 3. The van der Waals surface area contributed by atoms with Gasteiger partial charge in [-0.2, -0.15) is 0 Å². The largest absolute Gasteiger partial charge is 0.466 e. The van der Waals surface area contributed by atoms with Crippen LogP contribution in [0.25, 0.3) is 0 Å². The molecule has 0 radical (unpaired) electrons. The lowest BCUT2D eigenvalue weighted by Crippen LogP contribution is -2.49. The lowest BCUT2D eigenvalue weighted by atomic mass is 9.98. The monoisotopic (exact) mass is 281 g/mol. The number of aliphatic imine (C=N–C) groups is 1. The lowest BCUT2D eigenvalue weighted by molar-refractivity contribution is -0.149. The second-order valence-electron chi connectivity index (χ2n) is 5.80. The molecule has 1 saturated carbocycles. The zero-order valence-corrected chi connectivity index (χ0v) is 12.9. The first-order valence-electron chi connectivity index (χ1n) is 7.88. The maximum absolute atomic E-state index is 11.9. The molecular weight excluding hydrogens is 254 g/mol. The number of likely N-dealkylation sites (tertiary alicyclic amines) is 1. The van der Waals surface area contributed by atoms with Crippen molar-refractivity contribution in [1.82, 2.24) is 10.2 Å². The summed E-state index contributed by atoms with van der Waals surface area (Å²) in [6.45, 7) is 9.09. The smallest absolute Gasteiger partial charge is 0.310 e. The van der Waals surface area contributed by atoms with Crippen molar-refractivity contribution in [3.63, 3.8) is 0 Å². The number of carbonyl (C=O) groups excluding carboxylic acids is 1. The van der Waals surface area contributed by atoms with E-state index in [2.05, 4.69) is 22.1 Å². The van der Waals surface area contributed by atoms with Crippen LogP contribution >= 0.6 is 0 Å². The van der Waals surface area contributed by atoms with Crippen LogP contribution in [0.5, 0.6) is 0 Å². The molecule has 0 amide bonds. The van der Waals surface area contributed by atoms with Gasteiger partial charge >= 0.3 is 5.97 Å². The summed E-state index contributed by atoms with van der Waals surface area (Å²) in [6.07, 6.45) is 3.17. The average Bonchev–Trinajstić information content (AvgIpc) is 3.14. The molecule has 0 aromatic carbocycles. The maximum Gasteiger partial charge on any atom is 0.310 e. The van der Waals surface area contributed by atoms with Crippen LogP contribution in [-0.2, 0) is 9.53 Å². The molecule has 1 N–H and O–H groups in total. The zero-order valence-electron chi connectivity index (χ0n) is 12.9. The van der Waals surface area contributed by atoms with Gasteiger partial charge in [0.1, 0.15) is 0 Å². The van der Waals surface area contributed by atoms with E-state index >= 15 is 0 Å². The fourth-order valence-electron chi connectivity index (χ4n) is 2.70. The molecule has 114 valence electrons. The van der Waals surface area contributed by atoms with Gasteiger partial charge in [0.2, 0.25) is 0 Å². The number of esters is 1. The van der Waals surface area contributed by atoms with Gasteiger partial charge in [0, 0.05) is 25.7 Å². The summed E-state index contributed by atoms with van der Waals surface area (Å²) in [5.74, 6) is 1.63. The number of rotatable bonds is 4. The first-order chi connectivity index (χ1) is 9.65. The number of nitrogens with zero attached hydrogens (tertiary/aromatic N) is 2. The molecule has 1 heterocycles. The van der Waals surface area contributed by atoms with Crippen LogP contribution in [0.15, 0.2) is 4.99 Å². The van der Waals surface area contributed by atoms with Gasteiger partial charge in [-0.15, -0.1) is 0 Å². The Morgan fingerprint density at radius 2 is 2.20 bits per heavy atom. The molecule has 1 saturated heterocycles. The Hall–Kier alpha value is -1.26. The van der Waals surface area contributed by atoms with Crippen LogP contribution in [-0.4, -0.2) is 49.1 Å². The van der Waals surface area contributed by atoms with Gasteiger partial charge in [-0.1, -0.05) is 6.92 Å². The SMILES string of the molecule is CCN=C(NC1CC1C)N1CCCC(C(=O)OCC)C1. The summed E-state index contributed by atoms with van der Waals surface area (Å²) in [6, 6.07) is 0.559. The maximum atomic E-state index is 11.9. The molecule has 1 aliphatic heterocycles. The molecular formula is C15H27N3O2. The van der Waals surface area contributed by atoms with Gasteiger partial charge in [-0.05, 0) is 39.0 Å². The minimum absolute atomic E-state index is 0.0100. The molecule has 2 rings (SSSR count). The molecule has 3 unspecified atom stereocenters. The van der Waals surface area contributed by atoms with Crippen molar-refractivity contribution in [2.24, 2.45) is 16.8 Å². The summed E-state index contributed by atoms with van der Waals surface area (Å²) in [5.41, 5.74) is 0. The van der Waals surface area contributed by atoms with Crippen molar-refractivity contribution < 1.29 is 9.53 Å². The molecule has 1 aliphatic carbocycles. The van der Waals surface area contributed by atoms with E-state index in [0.29, 0.717) is 12.6 Å². The summed E-state index contributed by atoms with van der Waals surface area (Å²) in [7, 11) is 0. The van der Waals surface area contributed by atoms with E-state index in [4.69, 9.17) is 4.74 Å². The van der Waals surface area contributed by atoms with E-state index in [1.807, 2.05) is 13.8 Å². The standard InChI is InChI=1S/C15H27N3O2/c1-4-16-15(17-13-9-11(13)3)18-8-6-7-12(10-18)14(19)20-5-2/h11-13H,4-10H2,1-3H3,(H,16,17). The van der Waals surface area contributed by atoms with E-state index in [0.717, 1.165) is 44.4 Å². The van der Waals surface area contributed by atoms with Crippen LogP contribution in [0, 0.1) is 11.8 Å². The molecule has 0 bridgehead atoms. The Labute approximate surface area is 121 Å². The first-order valence-corrected chi connectivity index (χ1v) is 7.88. The number of nitrogens with one attached hydrogen (secondary N) is 1. The fourth-order valence-corrected chi connectivity index (χ4v) is 2.70. The summed E-state index contributed by atoms with van der Waals surface area (Å²) in [4.78, 5) is 18.7. The van der Waals surface area contributed by atoms with E-state index in [1.165, 1.54) is 6.42 Å². The third kappa shape index (κ3) is 3.87. The van der Waals surface area contributed by atoms with Gasteiger partial charge in [-0.3, -0.25) is 9.79 Å². The van der Waals surface area contributed by atoms with Crippen molar-refractivity contribution >= 4 is 11.9 Å². The van der Waals surface area contributed by atoms with Crippen LogP contribution in [0.1, 0.15) is 40.0 Å². The molecule has 2 aliphatic rings. The quantitative estimate of drug-likeness (QED) is 0.483. The molecule has 0 aromatic heterocycles. The van der Waals surface area contributed by atoms with Gasteiger partial charge in [-0.25, -0.2) is 0 Å². The van der Waals surface area contributed by atoms with Crippen LogP contribution < -0.4 is 5.32 Å². The normalized spacial score (nSPS) is 30.1. The van der Waals surface area contributed by atoms with Gasteiger partial charge in [0.25, 0.3) is 0 Å². The Balaban J connectivity index is 1.94. The molecule has 20 heavy (non-hydrogen) atoms. The van der Waals surface area contributed by atoms with Crippen LogP contribution in [0.2, 0.25) is 0 Å². The Morgan fingerprint density at radius 1 is 1.45 bits per heavy atom. The van der Waals surface area contributed by atoms with Crippen molar-refractivity contribution in [3.05, 3.63) is 0 Å². The number of piperidine rings is 1. The second-order valence-corrected chi connectivity index (χ2v) is 5.80. The minimum Gasteiger partial charge on any atom is -0.466 e. The molecule has 5 nitrogen and oxygen atoms in total. The Morgan fingerprint density at radius 3 is 2.80 bits per heavy atom. The van der Waals surface area contributed by atoms with Crippen LogP contribution in [0.3, 0.4) is 0 Å². The highest BCUT2D eigenvalue weighted by molar-refractivity contribution is 5.82. The van der Waals surface area contributed by atoms with E-state index < -0.39 is 0 Å². The van der Waals surface area contributed by atoms with Gasteiger partial charge in [0.15, 0.2) is 5.96 Å². The van der Waals surface area contributed by atoms with Crippen molar-refractivity contribution in [3.8, 4) is 0 Å². The molecule has 2 fully saturated rings. The van der Waals surface area contributed by atoms with E-state index in [1.54, 1.807) is 0 Å². The van der Waals surface area contributed by atoms with Crippen molar-refractivity contribution in [2.75, 3.05) is 26.2 Å². The van der Waals surface area contributed by atoms with E-state index in [-0.39, 0.29) is 11.9 Å². The number of guanidine groups is 1. The van der Waals surface area contributed by atoms with E-state index in [9.17, 15) is 4.79 Å². The highest BCUT2D eigenvalue weighted by Gasteiger charge is 2.35. The van der Waals surface area contributed by atoms with Crippen molar-refractivity contribution in [1.29, 1.82) is 0 Å². The van der Waals surface area contributed by atoms with Gasteiger partial charge < -0.3 is 15.0 Å². The van der Waals surface area contributed by atoms with Crippen molar-refractivity contribution in [2.45, 2.75) is 46.1 Å². The summed E-state index contributed by atoms with van der Waals surface area (Å²) in [5, 5.41) is 3.53. The molecule has 0 aromatic rings. The molecule has 5 heteroatoms. The zero-order chi connectivity index (χ0) is 14.5. The lowest BCUT2D eigenvalue weighted by Gasteiger charge is -2.34. The Bertz CT molecular complexity index is 370. The molecule has 3 atom stereocenters. The Kier molecular flexibility index (Phi) is 5.26. The second kappa shape index (κ2) is 6.95. The minimum atomic E-state index is -0.0622. The fraction of sp³-hybridized carbons (Fsp3) is 0.867. The summed E-state index contributed by atoms with van der Waals surface area (Å²) < 4.78 is 5.15. The van der Waals surface area contributed by atoms with Crippen LogP contribution in [0.4, 0.5) is 0 Å². The third-order valence-corrected chi connectivity index (χ3v) is 4.07. The topological polar surface area (TPSA) is 53.9 Å². The predicted octanol–water partition coefficient (Wildman–Crippen LogP) is 1.64. The predicted molar refractivity (Wildman–Crippen MR) is 79.6 cm³/mol.